The van der Waals surface area contributed by atoms with Gasteiger partial charge in [-0.05, 0) is 42.0 Å². The van der Waals surface area contributed by atoms with Gasteiger partial charge in [0.1, 0.15) is 5.84 Å². The highest BCUT2D eigenvalue weighted by molar-refractivity contribution is 9.10. The number of piperazine rings is 1. The maximum atomic E-state index is 5.44. The van der Waals surface area contributed by atoms with Crippen LogP contribution in [-0.4, -0.2) is 51.1 Å². The zero-order chi connectivity index (χ0) is 18.4. The van der Waals surface area contributed by atoms with Gasteiger partial charge in [0, 0.05) is 37.1 Å². The van der Waals surface area contributed by atoms with Crippen LogP contribution in [0.3, 0.4) is 0 Å². The summed E-state index contributed by atoms with van der Waals surface area (Å²) in [5, 5.41) is 3.40. The highest BCUT2D eigenvalue weighted by Gasteiger charge is 2.16. The maximum Gasteiger partial charge on any atom is 0.161 e. The molecule has 1 aliphatic rings. The molecule has 26 heavy (non-hydrogen) atoms. The second-order valence-corrected chi connectivity index (χ2v) is 7.02. The molecule has 1 N–H and O–H groups in total. The Morgan fingerprint density at radius 1 is 1.04 bits per heavy atom. The molecule has 1 saturated heterocycles. The topological polar surface area (TPSA) is 46.1 Å². The number of benzene rings is 2. The van der Waals surface area contributed by atoms with Crippen LogP contribution < -0.4 is 14.8 Å². The molecule has 0 radical (unpaired) electrons. The second-order valence-electron chi connectivity index (χ2n) is 6.11. The van der Waals surface area contributed by atoms with Crippen molar-refractivity contribution in [2.45, 2.75) is 6.42 Å². The third-order valence-electron chi connectivity index (χ3n) is 4.38. The van der Waals surface area contributed by atoms with Gasteiger partial charge in [0.25, 0.3) is 0 Å². The monoisotopic (exact) mass is 417 g/mol. The highest BCUT2D eigenvalue weighted by Crippen LogP contribution is 2.28. The minimum absolute atomic E-state index is 0.741. The standard InChI is InChI=1S/C20H24BrN3O2/c1-25-18-8-3-15(13-19(18)26-2)14-20(24-11-9-22-10-12-24)23-17-6-4-16(21)5-7-17/h3-8,13,22H,9-12,14H2,1-2H3. The summed E-state index contributed by atoms with van der Waals surface area (Å²) in [6.45, 7) is 3.88. The van der Waals surface area contributed by atoms with Gasteiger partial charge in [0.2, 0.25) is 0 Å². The van der Waals surface area contributed by atoms with Crippen LogP contribution in [0.25, 0.3) is 0 Å². The average Bonchev–Trinajstić information content (AvgIpc) is 2.69. The molecule has 0 atom stereocenters. The predicted molar refractivity (Wildman–Crippen MR) is 109 cm³/mol. The molecule has 6 heteroatoms. The third kappa shape index (κ3) is 4.77. The van der Waals surface area contributed by atoms with Crippen LogP contribution in [0.15, 0.2) is 51.9 Å². The van der Waals surface area contributed by atoms with Gasteiger partial charge in [0.15, 0.2) is 11.5 Å². The number of halogens is 1. The number of hydrogen-bond acceptors (Lipinski definition) is 4. The van der Waals surface area contributed by atoms with Crippen molar-refractivity contribution in [1.82, 2.24) is 10.2 Å². The van der Waals surface area contributed by atoms with Gasteiger partial charge in [-0.25, -0.2) is 4.99 Å². The van der Waals surface area contributed by atoms with Crippen LogP contribution in [0.1, 0.15) is 5.56 Å². The summed E-state index contributed by atoms with van der Waals surface area (Å²) < 4.78 is 11.8. The van der Waals surface area contributed by atoms with E-state index in [2.05, 4.69) is 32.2 Å². The van der Waals surface area contributed by atoms with Crippen LogP contribution in [0.4, 0.5) is 5.69 Å². The van der Waals surface area contributed by atoms with Crippen LogP contribution in [0, 0.1) is 0 Å². The number of amidine groups is 1. The molecule has 0 aliphatic carbocycles. The molecule has 1 heterocycles. The van der Waals surface area contributed by atoms with E-state index in [0.717, 1.165) is 65.7 Å². The summed E-state index contributed by atoms with van der Waals surface area (Å²) in [5.74, 6) is 2.55. The van der Waals surface area contributed by atoms with Crippen molar-refractivity contribution < 1.29 is 9.47 Å². The van der Waals surface area contributed by atoms with E-state index in [1.807, 2.05) is 36.4 Å². The van der Waals surface area contributed by atoms with Crippen molar-refractivity contribution in [2.24, 2.45) is 4.99 Å². The normalized spacial score (nSPS) is 15.0. The van der Waals surface area contributed by atoms with Gasteiger partial charge in [0.05, 0.1) is 19.9 Å². The molecule has 0 aromatic heterocycles. The fourth-order valence-corrected chi connectivity index (χ4v) is 3.25. The number of rotatable bonds is 5. The van der Waals surface area contributed by atoms with E-state index in [1.54, 1.807) is 14.2 Å². The lowest BCUT2D eigenvalue weighted by atomic mass is 10.1. The molecule has 2 aromatic rings. The van der Waals surface area contributed by atoms with Crippen molar-refractivity contribution in [2.75, 3.05) is 40.4 Å². The maximum absolute atomic E-state index is 5.44. The Bertz CT molecular complexity index is 756. The molecular formula is C20H24BrN3O2. The smallest absolute Gasteiger partial charge is 0.161 e. The summed E-state index contributed by atoms with van der Waals surface area (Å²) in [6.07, 6.45) is 0.746. The fourth-order valence-electron chi connectivity index (χ4n) is 2.98. The number of aliphatic imine (C=N–C) groups is 1. The van der Waals surface area contributed by atoms with Gasteiger partial charge in [-0.15, -0.1) is 0 Å². The van der Waals surface area contributed by atoms with Crippen LogP contribution in [0.2, 0.25) is 0 Å². The first kappa shape index (κ1) is 18.7. The molecule has 3 rings (SSSR count). The number of ether oxygens (including phenoxy) is 2. The molecular weight excluding hydrogens is 394 g/mol. The quantitative estimate of drug-likeness (QED) is 0.595. The number of methoxy groups -OCH3 is 2. The zero-order valence-corrected chi connectivity index (χ0v) is 16.8. The van der Waals surface area contributed by atoms with Crippen molar-refractivity contribution in [3.63, 3.8) is 0 Å². The average molecular weight is 418 g/mol. The Balaban J connectivity index is 1.89. The minimum atomic E-state index is 0.741. The van der Waals surface area contributed by atoms with Gasteiger partial charge >= 0.3 is 0 Å². The summed E-state index contributed by atoms with van der Waals surface area (Å²) >= 11 is 3.48. The van der Waals surface area contributed by atoms with E-state index < -0.39 is 0 Å². The van der Waals surface area contributed by atoms with Gasteiger partial charge < -0.3 is 19.7 Å². The van der Waals surface area contributed by atoms with Crippen LogP contribution in [0.5, 0.6) is 11.5 Å². The third-order valence-corrected chi connectivity index (χ3v) is 4.91. The number of nitrogens with zero attached hydrogens (tertiary/aromatic N) is 2. The summed E-state index contributed by atoms with van der Waals surface area (Å²) in [7, 11) is 3.31. The summed E-state index contributed by atoms with van der Waals surface area (Å²) in [6, 6.07) is 14.1. The molecule has 0 bridgehead atoms. The van der Waals surface area contributed by atoms with Crippen molar-refractivity contribution in [3.05, 3.63) is 52.5 Å². The van der Waals surface area contributed by atoms with E-state index in [0.29, 0.717) is 0 Å². The molecule has 2 aromatic carbocycles. The van der Waals surface area contributed by atoms with Gasteiger partial charge in [-0.1, -0.05) is 22.0 Å². The first-order valence-corrected chi connectivity index (χ1v) is 9.48. The van der Waals surface area contributed by atoms with Gasteiger partial charge in [-0.2, -0.15) is 0 Å². The summed E-state index contributed by atoms with van der Waals surface area (Å²) in [5.41, 5.74) is 2.11. The van der Waals surface area contributed by atoms with Crippen LogP contribution >= 0.6 is 15.9 Å². The Morgan fingerprint density at radius 3 is 2.38 bits per heavy atom. The number of nitrogens with one attached hydrogen (secondary N) is 1. The van der Waals surface area contributed by atoms with Crippen molar-refractivity contribution in [1.29, 1.82) is 0 Å². The zero-order valence-electron chi connectivity index (χ0n) is 15.2. The first-order chi connectivity index (χ1) is 12.7. The largest absolute Gasteiger partial charge is 0.493 e. The lowest BCUT2D eigenvalue weighted by Crippen LogP contribution is -2.47. The number of hydrogen-bond donors (Lipinski definition) is 1. The Morgan fingerprint density at radius 2 is 1.73 bits per heavy atom. The van der Waals surface area contributed by atoms with Crippen molar-refractivity contribution in [3.8, 4) is 11.5 Å². The lowest BCUT2D eigenvalue weighted by Gasteiger charge is -2.30. The van der Waals surface area contributed by atoms with E-state index in [1.165, 1.54) is 0 Å². The fraction of sp³-hybridized carbons (Fsp3) is 0.350. The van der Waals surface area contributed by atoms with E-state index in [4.69, 9.17) is 14.5 Å². The minimum Gasteiger partial charge on any atom is -0.493 e. The second kappa shape index (κ2) is 9.05. The molecule has 0 unspecified atom stereocenters. The van der Waals surface area contributed by atoms with E-state index >= 15 is 0 Å². The van der Waals surface area contributed by atoms with E-state index in [9.17, 15) is 0 Å². The Kier molecular flexibility index (Phi) is 6.52. The molecule has 1 aliphatic heterocycles. The molecule has 0 saturated carbocycles. The SMILES string of the molecule is COc1ccc(CC(=Nc2ccc(Br)cc2)N2CCNCC2)cc1OC. The highest BCUT2D eigenvalue weighted by atomic mass is 79.9. The first-order valence-electron chi connectivity index (χ1n) is 8.69. The van der Waals surface area contributed by atoms with E-state index in [-0.39, 0.29) is 0 Å². The molecule has 0 spiro atoms. The van der Waals surface area contributed by atoms with Crippen molar-refractivity contribution >= 4 is 27.5 Å². The molecule has 138 valence electrons. The predicted octanol–water partition coefficient (Wildman–Crippen LogP) is 3.64. The molecule has 1 fully saturated rings. The molecule has 0 amide bonds. The summed E-state index contributed by atoms with van der Waals surface area (Å²) in [4.78, 5) is 7.30. The Hall–Kier alpha value is -2.05. The Labute approximate surface area is 163 Å². The van der Waals surface area contributed by atoms with Crippen LogP contribution in [-0.2, 0) is 6.42 Å². The van der Waals surface area contributed by atoms with Gasteiger partial charge in [-0.3, -0.25) is 0 Å². The molecule has 5 nitrogen and oxygen atoms in total. The lowest BCUT2D eigenvalue weighted by molar-refractivity contribution is 0.351.